The van der Waals surface area contributed by atoms with Gasteiger partial charge in [0.15, 0.2) is 11.5 Å². The molecule has 4 rings (SSSR count). The van der Waals surface area contributed by atoms with Crippen molar-refractivity contribution in [1.29, 1.82) is 0 Å². The van der Waals surface area contributed by atoms with Crippen LogP contribution in [-0.4, -0.2) is 67.6 Å². The summed E-state index contributed by atoms with van der Waals surface area (Å²) in [5.41, 5.74) is 3.75. The molecule has 0 aliphatic carbocycles. The summed E-state index contributed by atoms with van der Waals surface area (Å²) in [4.78, 5) is 22.2. The highest BCUT2D eigenvalue weighted by molar-refractivity contribution is 7.13. The topological polar surface area (TPSA) is 66.9 Å². The van der Waals surface area contributed by atoms with Crippen LogP contribution in [0.25, 0.3) is 10.6 Å². The molecule has 7 nitrogen and oxygen atoms in total. The number of nitrogens with zero attached hydrogens (tertiary/aromatic N) is 3. The Kier molecular flexibility index (Phi) is 8.16. The first kappa shape index (κ1) is 24.2. The third-order valence-electron chi connectivity index (χ3n) is 6.08. The van der Waals surface area contributed by atoms with E-state index in [1.165, 1.54) is 16.9 Å². The van der Waals surface area contributed by atoms with Crippen molar-refractivity contribution in [2.45, 2.75) is 19.9 Å². The lowest BCUT2D eigenvalue weighted by atomic mass is 10.1. The normalized spacial score (nSPS) is 14.7. The van der Waals surface area contributed by atoms with Gasteiger partial charge in [-0.25, -0.2) is 4.98 Å². The fourth-order valence-electron chi connectivity index (χ4n) is 4.08. The first-order valence-electron chi connectivity index (χ1n) is 11.6. The van der Waals surface area contributed by atoms with E-state index in [2.05, 4.69) is 39.2 Å². The number of likely N-dealkylation sites (N-methyl/N-ethyl adjacent to an activating group) is 1. The maximum absolute atomic E-state index is 12.6. The van der Waals surface area contributed by atoms with Gasteiger partial charge in [-0.3, -0.25) is 9.69 Å². The second-order valence-electron chi connectivity index (χ2n) is 8.35. The molecule has 0 unspecified atom stereocenters. The number of thiazole rings is 1. The van der Waals surface area contributed by atoms with Crippen LogP contribution < -0.4 is 14.8 Å². The largest absolute Gasteiger partial charge is 0.493 e. The molecule has 1 aromatic heterocycles. The Bertz CT molecular complexity index is 1090. The number of aromatic nitrogens is 1. The van der Waals surface area contributed by atoms with E-state index in [-0.39, 0.29) is 12.3 Å². The molecule has 1 saturated heterocycles. The first-order valence-corrected chi connectivity index (χ1v) is 12.5. The molecular formula is C26H32N4O3S. The Labute approximate surface area is 205 Å². The van der Waals surface area contributed by atoms with Gasteiger partial charge < -0.3 is 19.7 Å². The summed E-state index contributed by atoms with van der Waals surface area (Å²) >= 11 is 1.51. The van der Waals surface area contributed by atoms with Gasteiger partial charge in [0, 0.05) is 49.4 Å². The highest BCUT2D eigenvalue weighted by Crippen LogP contribution is 2.33. The maximum Gasteiger partial charge on any atom is 0.230 e. The zero-order chi connectivity index (χ0) is 23.9. The lowest BCUT2D eigenvalue weighted by molar-refractivity contribution is -0.115. The van der Waals surface area contributed by atoms with Crippen molar-refractivity contribution in [1.82, 2.24) is 14.8 Å². The monoisotopic (exact) mass is 480 g/mol. The van der Waals surface area contributed by atoms with Crippen molar-refractivity contribution in [2.75, 3.05) is 52.3 Å². The van der Waals surface area contributed by atoms with Crippen molar-refractivity contribution < 1.29 is 14.3 Å². The van der Waals surface area contributed by atoms with Gasteiger partial charge in [-0.05, 0) is 42.4 Å². The van der Waals surface area contributed by atoms with Gasteiger partial charge in [0.1, 0.15) is 5.01 Å². The van der Waals surface area contributed by atoms with E-state index in [4.69, 9.17) is 9.47 Å². The summed E-state index contributed by atoms with van der Waals surface area (Å²) in [6.45, 7) is 8.76. The highest BCUT2D eigenvalue weighted by atomic mass is 32.1. The van der Waals surface area contributed by atoms with E-state index in [9.17, 15) is 4.79 Å². The van der Waals surface area contributed by atoms with Gasteiger partial charge in [-0.15, -0.1) is 11.3 Å². The molecule has 2 heterocycles. The van der Waals surface area contributed by atoms with Crippen LogP contribution in [-0.2, 0) is 17.8 Å². The quantitative estimate of drug-likeness (QED) is 0.496. The lowest BCUT2D eigenvalue weighted by Crippen LogP contribution is -2.45. The minimum atomic E-state index is -0.0763. The van der Waals surface area contributed by atoms with Crippen LogP contribution in [0.2, 0.25) is 0 Å². The number of amides is 1. The van der Waals surface area contributed by atoms with E-state index < -0.39 is 0 Å². The van der Waals surface area contributed by atoms with Crippen LogP contribution in [0.5, 0.6) is 11.5 Å². The van der Waals surface area contributed by atoms with Crippen LogP contribution in [0.15, 0.2) is 47.8 Å². The third-order valence-corrected chi connectivity index (χ3v) is 7.02. The molecule has 1 fully saturated rings. The van der Waals surface area contributed by atoms with Gasteiger partial charge >= 0.3 is 0 Å². The summed E-state index contributed by atoms with van der Waals surface area (Å²) < 4.78 is 10.7. The summed E-state index contributed by atoms with van der Waals surface area (Å²) in [5.74, 6) is 1.25. The Morgan fingerprint density at radius 1 is 1.00 bits per heavy atom. The number of hydrogen-bond donors (Lipinski definition) is 1. The third kappa shape index (κ3) is 6.14. The molecule has 0 spiro atoms. The predicted molar refractivity (Wildman–Crippen MR) is 137 cm³/mol. The Hall–Kier alpha value is -2.94. The Balaban J connectivity index is 1.30. The number of carbonyl (C=O) groups excluding carboxylic acids is 1. The number of rotatable bonds is 9. The first-order chi connectivity index (χ1) is 16.6. The van der Waals surface area contributed by atoms with E-state index >= 15 is 0 Å². The smallest absolute Gasteiger partial charge is 0.230 e. The van der Waals surface area contributed by atoms with Crippen molar-refractivity contribution >= 4 is 22.9 Å². The van der Waals surface area contributed by atoms with Crippen molar-refractivity contribution in [2.24, 2.45) is 0 Å². The highest BCUT2D eigenvalue weighted by Gasteiger charge is 2.16. The van der Waals surface area contributed by atoms with Gasteiger partial charge in [0.25, 0.3) is 0 Å². The maximum atomic E-state index is 12.6. The number of nitrogens with one attached hydrogen (secondary N) is 1. The zero-order valence-corrected chi connectivity index (χ0v) is 20.9. The number of methoxy groups -OCH3 is 2. The Morgan fingerprint density at radius 3 is 2.38 bits per heavy atom. The second kappa shape index (κ2) is 11.5. The second-order valence-corrected chi connectivity index (χ2v) is 9.20. The average Bonchev–Trinajstić information content (AvgIpc) is 3.33. The number of carbonyl (C=O) groups is 1. The fraction of sp³-hybridized carbons (Fsp3) is 0.385. The summed E-state index contributed by atoms with van der Waals surface area (Å²) in [6, 6.07) is 13.8. The van der Waals surface area contributed by atoms with E-state index in [1.807, 2.05) is 35.7 Å². The molecule has 0 saturated carbocycles. The number of anilines is 1. The number of ether oxygens (including phenoxy) is 2. The lowest BCUT2D eigenvalue weighted by Gasteiger charge is -2.34. The van der Waals surface area contributed by atoms with E-state index in [1.54, 1.807) is 14.2 Å². The molecule has 1 amide bonds. The van der Waals surface area contributed by atoms with Gasteiger partial charge in [-0.2, -0.15) is 0 Å². The summed E-state index contributed by atoms with van der Waals surface area (Å²) in [5, 5.41) is 5.75. The standard InChI is InChI=1S/C26H32N4O3S/c1-4-29-11-13-30(14-12-29)17-19-5-8-21(9-6-19)27-25(31)16-22-18-34-26(28-22)20-7-10-23(32-2)24(15-20)33-3/h5-10,15,18H,4,11-14,16-17H2,1-3H3,(H,27,31). The molecule has 180 valence electrons. The Morgan fingerprint density at radius 2 is 1.71 bits per heavy atom. The van der Waals surface area contributed by atoms with Crippen molar-refractivity contribution in [3.05, 3.63) is 59.1 Å². The van der Waals surface area contributed by atoms with Crippen molar-refractivity contribution in [3.8, 4) is 22.1 Å². The van der Waals surface area contributed by atoms with E-state index in [0.29, 0.717) is 11.5 Å². The van der Waals surface area contributed by atoms with Crippen LogP contribution in [0.4, 0.5) is 5.69 Å². The summed E-state index contributed by atoms with van der Waals surface area (Å²) in [7, 11) is 3.22. The molecule has 8 heteroatoms. The van der Waals surface area contributed by atoms with E-state index in [0.717, 1.165) is 61.2 Å². The number of piperazine rings is 1. The fourth-order valence-corrected chi connectivity index (χ4v) is 4.89. The molecule has 34 heavy (non-hydrogen) atoms. The van der Waals surface area contributed by atoms with Crippen LogP contribution in [0.1, 0.15) is 18.2 Å². The molecule has 1 N–H and O–H groups in total. The number of benzene rings is 2. The van der Waals surface area contributed by atoms with Gasteiger partial charge in [0.2, 0.25) is 5.91 Å². The van der Waals surface area contributed by atoms with Crippen LogP contribution >= 0.6 is 11.3 Å². The summed E-state index contributed by atoms with van der Waals surface area (Å²) in [6.07, 6.45) is 0.229. The van der Waals surface area contributed by atoms with Gasteiger partial charge in [-0.1, -0.05) is 19.1 Å². The van der Waals surface area contributed by atoms with Gasteiger partial charge in [0.05, 0.1) is 26.3 Å². The van der Waals surface area contributed by atoms with Crippen molar-refractivity contribution in [3.63, 3.8) is 0 Å². The molecule has 0 atom stereocenters. The molecular weight excluding hydrogens is 448 g/mol. The minimum Gasteiger partial charge on any atom is -0.493 e. The predicted octanol–water partition coefficient (Wildman–Crippen LogP) is 4.15. The average molecular weight is 481 g/mol. The van der Waals surface area contributed by atoms with Crippen LogP contribution in [0.3, 0.4) is 0 Å². The molecule has 1 aliphatic rings. The molecule has 2 aromatic carbocycles. The molecule has 1 aliphatic heterocycles. The SMILES string of the molecule is CCN1CCN(Cc2ccc(NC(=O)Cc3csc(-c4ccc(OC)c(OC)c4)n3)cc2)CC1. The molecule has 0 radical (unpaired) electrons. The molecule has 0 bridgehead atoms. The minimum absolute atomic E-state index is 0.0763. The molecule has 3 aromatic rings. The number of hydrogen-bond acceptors (Lipinski definition) is 7. The van der Waals surface area contributed by atoms with Crippen LogP contribution in [0, 0.1) is 0 Å². The zero-order valence-electron chi connectivity index (χ0n) is 20.0.